The van der Waals surface area contributed by atoms with Crippen molar-refractivity contribution < 1.29 is 19.2 Å². The molecule has 0 aliphatic rings. The summed E-state index contributed by atoms with van der Waals surface area (Å²) >= 11 is 0. The van der Waals surface area contributed by atoms with Crippen LogP contribution in [0, 0.1) is 0 Å². The van der Waals surface area contributed by atoms with E-state index < -0.39 is 11.9 Å². The molecule has 2 amide bonds. The molecule has 1 aromatic rings. The highest BCUT2D eigenvalue weighted by Gasteiger charge is 2.21. The van der Waals surface area contributed by atoms with Gasteiger partial charge in [0.15, 0.2) is 0 Å². The molecule has 2 N–H and O–H groups in total. The molecule has 0 radical (unpaired) electrons. The normalized spacial score (nSPS) is 11.4. The van der Waals surface area contributed by atoms with Gasteiger partial charge in [-0.1, -0.05) is 30.4 Å². The van der Waals surface area contributed by atoms with E-state index in [4.69, 9.17) is 4.74 Å². The maximum absolute atomic E-state index is 12.6. The average molecular weight is 346 g/mol. The molecular formula is C19H26N2O4. The number of amides is 2. The minimum Gasteiger partial charge on any atom is -0.377 e. The number of unbranched alkanes of at least 4 members (excludes halogenated alkanes) is 1. The van der Waals surface area contributed by atoms with E-state index in [9.17, 15) is 9.59 Å². The standard InChI is InChI=1S/C19H26N2O4/c1-4-6-9-13-25-14-15-11-7-8-12-16(15)18(22)20-17(10-5-2)19(23)21-24-3/h4-5,7-8,11-12,17H,1-2,6,9-10,13-14H2,3H3,(H,20,22)(H,21,23)/t17-/m0/s1. The molecule has 0 fully saturated rings. The second-order valence-corrected chi connectivity index (χ2v) is 5.36. The lowest BCUT2D eigenvalue weighted by Gasteiger charge is -2.17. The number of allylic oxidation sites excluding steroid dienone is 1. The van der Waals surface area contributed by atoms with Crippen LogP contribution in [0.1, 0.15) is 35.2 Å². The van der Waals surface area contributed by atoms with Crippen molar-refractivity contribution in [1.29, 1.82) is 0 Å². The maximum atomic E-state index is 12.6. The fraction of sp³-hybridized carbons (Fsp3) is 0.368. The number of carbonyl (C=O) groups is 2. The Morgan fingerprint density at radius 2 is 2.00 bits per heavy atom. The Balaban J connectivity index is 2.74. The second-order valence-electron chi connectivity index (χ2n) is 5.36. The predicted molar refractivity (Wildman–Crippen MR) is 96.7 cm³/mol. The largest absolute Gasteiger partial charge is 0.377 e. The molecule has 6 heteroatoms. The molecule has 0 aromatic heterocycles. The molecule has 25 heavy (non-hydrogen) atoms. The van der Waals surface area contributed by atoms with E-state index in [1.54, 1.807) is 18.2 Å². The van der Waals surface area contributed by atoms with Gasteiger partial charge < -0.3 is 10.1 Å². The number of hydrogen-bond acceptors (Lipinski definition) is 4. The smallest absolute Gasteiger partial charge is 0.266 e. The minimum absolute atomic E-state index is 0.293. The van der Waals surface area contributed by atoms with Crippen LogP contribution in [0.3, 0.4) is 0 Å². The van der Waals surface area contributed by atoms with Gasteiger partial charge in [-0.3, -0.25) is 14.4 Å². The molecule has 0 bridgehead atoms. The van der Waals surface area contributed by atoms with Crippen LogP contribution < -0.4 is 10.8 Å². The number of rotatable bonds is 12. The zero-order chi connectivity index (χ0) is 18.5. The summed E-state index contributed by atoms with van der Waals surface area (Å²) in [4.78, 5) is 29.1. The summed E-state index contributed by atoms with van der Waals surface area (Å²) in [7, 11) is 1.34. The molecule has 1 aromatic carbocycles. The fourth-order valence-corrected chi connectivity index (χ4v) is 2.19. The summed E-state index contributed by atoms with van der Waals surface area (Å²) in [6.45, 7) is 8.20. The zero-order valence-electron chi connectivity index (χ0n) is 14.6. The maximum Gasteiger partial charge on any atom is 0.266 e. The van der Waals surface area contributed by atoms with E-state index in [1.807, 2.05) is 18.2 Å². The summed E-state index contributed by atoms with van der Waals surface area (Å²) in [6.07, 6.45) is 5.47. The first kappa shape index (κ1) is 20.6. The van der Waals surface area contributed by atoms with Gasteiger partial charge in [-0.15, -0.1) is 13.2 Å². The zero-order valence-corrected chi connectivity index (χ0v) is 14.6. The second kappa shape index (κ2) is 12.0. The summed E-state index contributed by atoms with van der Waals surface area (Å²) in [5.41, 5.74) is 3.47. The molecule has 1 atom stereocenters. The molecule has 0 heterocycles. The molecule has 136 valence electrons. The van der Waals surface area contributed by atoms with Gasteiger partial charge >= 0.3 is 0 Å². The Hall–Kier alpha value is -2.44. The van der Waals surface area contributed by atoms with E-state index in [-0.39, 0.29) is 5.91 Å². The Kier molecular flexibility index (Phi) is 9.89. The van der Waals surface area contributed by atoms with Crippen molar-refractivity contribution in [2.24, 2.45) is 0 Å². The summed E-state index contributed by atoms with van der Waals surface area (Å²) in [5.74, 6) is -0.780. The highest BCUT2D eigenvalue weighted by Crippen LogP contribution is 2.11. The lowest BCUT2D eigenvalue weighted by molar-refractivity contribution is -0.133. The third-order valence-electron chi connectivity index (χ3n) is 3.44. The first-order chi connectivity index (χ1) is 12.1. The van der Waals surface area contributed by atoms with Gasteiger partial charge in [-0.2, -0.15) is 0 Å². The van der Waals surface area contributed by atoms with Crippen molar-refractivity contribution >= 4 is 11.8 Å². The van der Waals surface area contributed by atoms with E-state index in [1.165, 1.54) is 7.11 Å². The summed E-state index contributed by atoms with van der Waals surface area (Å²) < 4.78 is 5.61. The van der Waals surface area contributed by atoms with Gasteiger partial charge in [0.2, 0.25) is 0 Å². The molecule has 0 aliphatic heterocycles. The van der Waals surface area contributed by atoms with Crippen molar-refractivity contribution in [1.82, 2.24) is 10.8 Å². The van der Waals surface area contributed by atoms with Gasteiger partial charge in [0.25, 0.3) is 11.8 Å². The quantitative estimate of drug-likeness (QED) is 0.346. The third-order valence-corrected chi connectivity index (χ3v) is 3.44. The first-order valence-corrected chi connectivity index (χ1v) is 8.15. The lowest BCUT2D eigenvalue weighted by atomic mass is 10.1. The van der Waals surface area contributed by atoms with Gasteiger partial charge in [0.05, 0.1) is 13.7 Å². The van der Waals surface area contributed by atoms with Gasteiger partial charge in [0.1, 0.15) is 6.04 Å². The summed E-state index contributed by atoms with van der Waals surface area (Å²) in [6, 6.07) is 6.40. The minimum atomic E-state index is -0.758. The predicted octanol–water partition coefficient (Wildman–Crippen LogP) is 2.52. The number of ether oxygens (including phenoxy) is 1. The van der Waals surface area contributed by atoms with Crippen LogP contribution in [0.5, 0.6) is 0 Å². The van der Waals surface area contributed by atoms with E-state index >= 15 is 0 Å². The Labute approximate surface area is 148 Å². The molecule has 0 saturated heterocycles. The van der Waals surface area contributed by atoms with Crippen LogP contribution in [-0.2, 0) is 21.0 Å². The molecule has 6 nitrogen and oxygen atoms in total. The van der Waals surface area contributed by atoms with Crippen LogP contribution in [-0.4, -0.2) is 31.6 Å². The average Bonchev–Trinajstić information content (AvgIpc) is 2.61. The van der Waals surface area contributed by atoms with Gasteiger partial charge in [0, 0.05) is 12.2 Å². The van der Waals surface area contributed by atoms with Crippen molar-refractivity contribution in [2.45, 2.75) is 31.9 Å². The molecule has 0 unspecified atom stereocenters. The van der Waals surface area contributed by atoms with Gasteiger partial charge in [-0.05, 0) is 30.9 Å². The lowest BCUT2D eigenvalue weighted by Crippen LogP contribution is -2.46. The molecule has 0 spiro atoms. The van der Waals surface area contributed by atoms with Crippen molar-refractivity contribution in [3.8, 4) is 0 Å². The number of nitrogens with one attached hydrogen (secondary N) is 2. The van der Waals surface area contributed by atoms with E-state index in [2.05, 4.69) is 28.8 Å². The summed E-state index contributed by atoms with van der Waals surface area (Å²) in [5, 5.41) is 2.70. The van der Waals surface area contributed by atoms with Crippen LogP contribution in [0.2, 0.25) is 0 Å². The van der Waals surface area contributed by atoms with Gasteiger partial charge in [-0.25, -0.2) is 5.48 Å². The molecule has 1 rings (SSSR count). The Bertz CT molecular complexity index is 587. The molecule has 0 saturated carbocycles. The number of hydrogen-bond donors (Lipinski definition) is 2. The monoisotopic (exact) mass is 346 g/mol. The van der Waals surface area contributed by atoms with Crippen molar-refractivity contribution in [3.05, 3.63) is 60.7 Å². The highest BCUT2D eigenvalue weighted by molar-refractivity contribution is 5.98. The number of carbonyl (C=O) groups excluding carboxylic acids is 2. The van der Waals surface area contributed by atoms with Crippen molar-refractivity contribution in [2.75, 3.05) is 13.7 Å². The Morgan fingerprint density at radius 3 is 2.68 bits per heavy atom. The fourth-order valence-electron chi connectivity index (χ4n) is 2.19. The van der Waals surface area contributed by atoms with Crippen LogP contribution >= 0.6 is 0 Å². The SMILES string of the molecule is C=CCCCOCc1ccccc1C(=O)N[C@@H](CC=C)C(=O)NOC. The molecular weight excluding hydrogens is 320 g/mol. The number of hydroxylamine groups is 1. The first-order valence-electron chi connectivity index (χ1n) is 8.15. The van der Waals surface area contributed by atoms with E-state index in [0.717, 1.165) is 18.4 Å². The topological polar surface area (TPSA) is 76.7 Å². The molecule has 0 aliphatic carbocycles. The van der Waals surface area contributed by atoms with Crippen molar-refractivity contribution in [3.63, 3.8) is 0 Å². The Morgan fingerprint density at radius 1 is 1.24 bits per heavy atom. The number of benzene rings is 1. The van der Waals surface area contributed by atoms with E-state index in [0.29, 0.717) is 25.2 Å². The highest BCUT2D eigenvalue weighted by atomic mass is 16.6. The third kappa shape index (κ3) is 7.32. The van der Waals surface area contributed by atoms with Crippen LogP contribution in [0.25, 0.3) is 0 Å². The van der Waals surface area contributed by atoms with Crippen LogP contribution in [0.4, 0.5) is 0 Å². The van der Waals surface area contributed by atoms with Crippen LogP contribution in [0.15, 0.2) is 49.6 Å².